The number of halogens is 2. The molecule has 0 amide bonds. The average Bonchev–Trinajstić information content (AvgIpc) is 2.82. The second-order valence-electron chi connectivity index (χ2n) is 4.84. The SMILES string of the molecule is OC(c1cc2c(s1)CCCC2)c1c(F)cccc1F. The van der Waals surface area contributed by atoms with Gasteiger partial charge in [0.05, 0.1) is 5.56 Å². The summed E-state index contributed by atoms with van der Waals surface area (Å²) in [7, 11) is 0. The Bertz CT molecular complexity index is 562. The topological polar surface area (TPSA) is 20.2 Å². The first-order valence-corrected chi connectivity index (χ1v) is 7.22. The van der Waals surface area contributed by atoms with Gasteiger partial charge in [-0.25, -0.2) is 8.78 Å². The van der Waals surface area contributed by atoms with Crippen molar-refractivity contribution in [3.05, 3.63) is 56.8 Å². The van der Waals surface area contributed by atoms with Crippen molar-refractivity contribution in [3.8, 4) is 0 Å². The van der Waals surface area contributed by atoms with E-state index in [0.717, 1.165) is 25.7 Å². The Balaban J connectivity index is 1.99. The number of aliphatic hydroxyl groups excluding tert-OH is 1. The summed E-state index contributed by atoms with van der Waals surface area (Å²) in [6.45, 7) is 0. The molecule has 100 valence electrons. The maximum atomic E-state index is 13.7. The monoisotopic (exact) mass is 280 g/mol. The Hall–Kier alpha value is -1.26. The number of hydrogen-bond acceptors (Lipinski definition) is 2. The van der Waals surface area contributed by atoms with Crippen molar-refractivity contribution in [1.82, 2.24) is 0 Å². The minimum Gasteiger partial charge on any atom is -0.383 e. The lowest BCUT2D eigenvalue weighted by molar-refractivity contribution is 0.212. The Kier molecular flexibility index (Phi) is 3.37. The molecular formula is C15H14F2OS. The number of rotatable bonds is 2. The van der Waals surface area contributed by atoms with E-state index in [9.17, 15) is 13.9 Å². The molecule has 2 aromatic rings. The second-order valence-corrected chi connectivity index (χ2v) is 6.01. The van der Waals surface area contributed by atoms with Gasteiger partial charge < -0.3 is 5.11 Å². The third kappa shape index (κ3) is 2.30. The maximum Gasteiger partial charge on any atom is 0.132 e. The van der Waals surface area contributed by atoms with E-state index in [1.54, 1.807) is 0 Å². The van der Waals surface area contributed by atoms with Crippen molar-refractivity contribution in [3.63, 3.8) is 0 Å². The first kappa shape index (κ1) is 12.8. The van der Waals surface area contributed by atoms with Crippen LogP contribution in [0.15, 0.2) is 24.3 Å². The normalized spacial score (nSPS) is 16.2. The summed E-state index contributed by atoms with van der Waals surface area (Å²) in [5, 5.41) is 10.2. The van der Waals surface area contributed by atoms with Gasteiger partial charge in [-0.3, -0.25) is 0 Å². The van der Waals surface area contributed by atoms with E-state index >= 15 is 0 Å². The standard InChI is InChI=1S/C15H14F2OS/c16-10-5-3-6-11(17)14(10)15(18)13-8-9-4-1-2-7-12(9)19-13/h3,5-6,8,15,18H,1-2,4,7H2. The van der Waals surface area contributed by atoms with E-state index in [1.807, 2.05) is 6.07 Å². The minimum absolute atomic E-state index is 0.249. The number of benzene rings is 1. The van der Waals surface area contributed by atoms with Gasteiger partial charge in [0.2, 0.25) is 0 Å². The molecular weight excluding hydrogens is 266 g/mol. The van der Waals surface area contributed by atoms with Crippen LogP contribution in [-0.4, -0.2) is 5.11 Å². The summed E-state index contributed by atoms with van der Waals surface area (Å²) in [5.41, 5.74) is 0.975. The van der Waals surface area contributed by atoms with Crippen molar-refractivity contribution >= 4 is 11.3 Å². The van der Waals surface area contributed by atoms with Crippen LogP contribution in [0.25, 0.3) is 0 Å². The molecule has 0 radical (unpaired) electrons. The summed E-state index contributed by atoms with van der Waals surface area (Å²) in [6.07, 6.45) is 3.09. The van der Waals surface area contributed by atoms with Crippen LogP contribution < -0.4 is 0 Å². The van der Waals surface area contributed by atoms with Gasteiger partial charge in [0.1, 0.15) is 17.7 Å². The van der Waals surface area contributed by atoms with E-state index in [2.05, 4.69) is 0 Å². The molecule has 1 nitrogen and oxygen atoms in total. The molecule has 19 heavy (non-hydrogen) atoms. The molecule has 0 saturated carbocycles. The minimum atomic E-state index is -1.21. The van der Waals surface area contributed by atoms with Crippen LogP contribution in [0.5, 0.6) is 0 Å². The van der Waals surface area contributed by atoms with E-state index in [1.165, 1.54) is 40.0 Å². The molecule has 4 heteroatoms. The predicted molar refractivity (Wildman–Crippen MR) is 71.4 cm³/mol. The van der Waals surface area contributed by atoms with E-state index in [0.29, 0.717) is 4.88 Å². The van der Waals surface area contributed by atoms with Crippen LogP contribution in [-0.2, 0) is 12.8 Å². The lowest BCUT2D eigenvalue weighted by Gasteiger charge is -2.10. The summed E-state index contributed by atoms with van der Waals surface area (Å²) < 4.78 is 27.3. The van der Waals surface area contributed by atoms with Gasteiger partial charge in [-0.05, 0) is 49.4 Å². The van der Waals surface area contributed by atoms with Gasteiger partial charge in [0, 0.05) is 9.75 Å². The second kappa shape index (κ2) is 5.02. The summed E-state index contributed by atoms with van der Waals surface area (Å²) in [4.78, 5) is 1.88. The van der Waals surface area contributed by atoms with Crippen molar-refractivity contribution in [1.29, 1.82) is 0 Å². The molecule has 1 aromatic carbocycles. The van der Waals surface area contributed by atoms with Crippen LogP contribution >= 0.6 is 11.3 Å². The quantitative estimate of drug-likeness (QED) is 0.882. The number of fused-ring (bicyclic) bond motifs is 1. The van der Waals surface area contributed by atoms with Gasteiger partial charge in [-0.2, -0.15) is 0 Å². The molecule has 0 spiro atoms. The molecule has 0 saturated heterocycles. The predicted octanol–water partition coefficient (Wildman–Crippen LogP) is 3.99. The van der Waals surface area contributed by atoms with Gasteiger partial charge >= 0.3 is 0 Å². The zero-order valence-corrected chi connectivity index (χ0v) is 11.1. The average molecular weight is 280 g/mol. The Morgan fingerprint density at radius 3 is 2.47 bits per heavy atom. The van der Waals surface area contributed by atoms with Crippen molar-refractivity contribution in [2.45, 2.75) is 31.8 Å². The van der Waals surface area contributed by atoms with Gasteiger partial charge in [-0.15, -0.1) is 11.3 Å². The molecule has 1 heterocycles. The number of hydrogen-bond donors (Lipinski definition) is 1. The van der Waals surface area contributed by atoms with Crippen molar-refractivity contribution in [2.24, 2.45) is 0 Å². The molecule has 1 unspecified atom stereocenters. The third-order valence-corrected chi connectivity index (χ3v) is 4.85. The molecule has 1 atom stereocenters. The number of aliphatic hydroxyl groups is 1. The number of thiophene rings is 1. The fourth-order valence-corrected chi connectivity index (χ4v) is 3.82. The smallest absolute Gasteiger partial charge is 0.132 e. The van der Waals surface area contributed by atoms with Crippen molar-refractivity contribution in [2.75, 3.05) is 0 Å². The van der Waals surface area contributed by atoms with Crippen LogP contribution in [0.3, 0.4) is 0 Å². The first-order chi connectivity index (χ1) is 9.16. The maximum absolute atomic E-state index is 13.7. The Labute approximate surface area is 114 Å². The highest BCUT2D eigenvalue weighted by Gasteiger charge is 2.23. The zero-order valence-electron chi connectivity index (χ0n) is 10.3. The molecule has 0 aliphatic heterocycles. The fourth-order valence-electron chi connectivity index (χ4n) is 2.56. The van der Waals surface area contributed by atoms with E-state index in [4.69, 9.17) is 0 Å². The molecule has 1 N–H and O–H groups in total. The third-order valence-electron chi connectivity index (χ3n) is 3.56. The largest absolute Gasteiger partial charge is 0.383 e. The van der Waals surface area contributed by atoms with Gasteiger partial charge in [-0.1, -0.05) is 6.07 Å². The summed E-state index contributed by atoms with van der Waals surface area (Å²) >= 11 is 1.47. The highest BCUT2D eigenvalue weighted by Crippen LogP contribution is 2.36. The first-order valence-electron chi connectivity index (χ1n) is 6.40. The lowest BCUT2D eigenvalue weighted by atomic mass is 9.98. The van der Waals surface area contributed by atoms with Crippen LogP contribution in [0, 0.1) is 11.6 Å². The van der Waals surface area contributed by atoms with Gasteiger partial charge in [0.15, 0.2) is 0 Å². The summed E-state index contributed by atoms with van der Waals surface area (Å²) in [5.74, 6) is -1.39. The number of aryl methyl sites for hydroxylation is 2. The fraction of sp³-hybridized carbons (Fsp3) is 0.333. The van der Waals surface area contributed by atoms with Crippen molar-refractivity contribution < 1.29 is 13.9 Å². The Morgan fingerprint density at radius 1 is 1.11 bits per heavy atom. The molecule has 0 fully saturated rings. The molecule has 0 bridgehead atoms. The molecule has 1 aliphatic carbocycles. The zero-order chi connectivity index (χ0) is 13.4. The van der Waals surface area contributed by atoms with Crippen LogP contribution in [0.4, 0.5) is 8.78 Å². The molecule has 1 aliphatic rings. The molecule has 1 aromatic heterocycles. The lowest BCUT2D eigenvalue weighted by Crippen LogP contribution is -2.04. The van der Waals surface area contributed by atoms with E-state index in [-0.39, 0.29) is 5.56 Å². The van der Waals surface area contributed by atoms with Gasteiger partial charge in [0.25, 0.3) is 0 Å². The van der Waals surface area contributed by atoms with E-state index < -0.39 is 17.7 Å². The Morgan fingerprint density at radius 2 is 1.79 bits per heavy atom. The van der Waals surface area contributed by atoms with Crippen LogP contribution in [0.2, 0.25) is 0 Å². The van der Waals surface area contributed by atoms with Crippen LogP contribution in [0.1, 0.15) is 39.8 Å². The molecule has 3 rings (SSSR count). The highest BCUT2D eigenvalue weighted by molar-refractivity contribution is 7.12. The summed E-state index contributed by atoms with van der Waals surface area (Å²) in [6, 6.07) is 5.56. The highest BCUT2D eigenvalue weighted by atomic mass is 32.1.